The maximum Gasteiger partial charge on any atom is 0.410 e. The van der Waals surface area contributed by atoms with Gasteiger partial charge in [0.15, 0.2) is 0 Å². The van der Waals surface area contributed by atoms with Crippen molar-refractivity contribution in [3.63, 3.8) is 0 Å². The lowest BCUT2D eigenvalue weighted by Crippen LogP contribution is -2.50. The summed E-state index contributed by atoms with van der Waals surface area (Å²) in [5, 5.41) is 15.0. The van der Waals surface area contributed by atoms with Crippen LogP contribution in [0.2, 0.25) is 0 Å². The average Bonchev–Trinajstić information content (AvgIpc) is 3.14. The van der Waals surface area contributed by atoms with E-state index in [1.54, 1.807) is 20.8 Å². The van der Waals surface area contributed by atoms with Gasteiger partial charge in [0.2, 0.25) is 5.91 Å². The normalized spacial score (nSPS) is 22.0. The minimum absolute atomic E-state index is 0.153. The predicted octanol–water partition coefficient (Wildman–Crippen LogP) is 0.142. The van der Waals surface area contributed by atoms with Crippen molar-refractivity contribution >= 4 is 17.9 Å². The first-order valence-electron chi connectivity index (χ1n) is 8.43. The van der Waals surface area contributed by atoms with E-state index in [1.807, 2.05) is 0 Å². The molecular weight excluding hydrogens is 314 g/mol. The van der Waals surface area contributed by atoms with E-state index in [2.05, 4.69) is 10.6 Å². The topological polar surface area (TPSA) is 108 Å². The summed E-state index contributed by atoms with van der Waals surface area (Å²) in [6, 6.07) is -0.473. The van der Waals surface area contributed by atoms with Crippen LogP contribution in [0.15, 0.2) is 0 Å². The predicted molar refractivity (Wildman–Crippen MR) is 86.1 cm³/mol. The number of aliphatic hydroxyl groups excluding tert-OH is 1. The molecule has 24 heavy (non-hydrogen) atoms. The molecule has 1 saturated heterocycles. The van der Waals surface area contributed by atoms with Crippen molar-refractivity contribution in [3.8, 4) is 0 Å². The van der Waals surface area contributed by atoms with Gasteiger partial charge in [-0.25, -0.2) is 4.79 Å². The highest BCUT2D eigenvalue weighted by molar-refractivity contribution is 5.87. The van der Waals surface area contributed by atoms with E-state index < -0.39 is 29.7 Å². The Bertz CT molecular complexity index is 498. The lowest BCUT2D eigenvalue weighted by Gasteiger charge is -2.28. The van der Waals surface area contributed by atoms with Gasteiger partial charge >= 0.3 is 6.09 Å². The molecule has 2 aliphatic rings. The maximum atomic E-state index is 12.3. The molecule has 1 aliphatic heterocycles. The molecule has 1 heterocycles. The third kappa shape index (κ3) is 5.36. The molecule has 3 amide bonds. The van der Waals surface area contributed by atoms with Crippen LogP contribution in [0.25, 0.3) is 0 Å². The number of hydrogen-bond donors (Lipinski definition) is 3. The average molecular weight is 341 g/mol. The Morgan fingerprint density at radius 2 is 1.92 bits per heavy atom. The van der Waals surface area contributed by atoms with Gasteiger partial charge in [0.1, 0.15) is 17.7 Å². The Labute approximate surface area is 141 Å². The molecule has 2 atom stereocenters. The minimum atomic E-state index is -1.29. The highest BCUT2D eigenvalue weighted by Crippen LogP contribution is 2.21. The first kappa shape index (κ1) is 18.5. The van der Waals surface area contributed by atoms with Crippen molar-refractivity contribution in [2.45, 2.75) is 70.2 Å². The number of hydrogen-bond acceptors (Lipinski definition) is 5. The summed E-state index contributed by atoms with van der Waals surface area (Å²) >= 11 is 0. The second kappa shape index (κ2) is 7.38. The summed E-state index contributed by atoms with van der Waals surface area (Å²) in [6.07, 6.45) is 1.30. The van der Waals surface area contributed by atoms with E-state index in [-0.39, 0.29) is 18.5 Å². The zero-order valence-corrected chi connectivity index (χ0v) is 14.5. The van der Waals surface area contributed by atoms with Crippen molar-refractivity contribution in [2.75, 3.05) is 13.1 Å². The molecule has 1 saturated carbocycles. The molecule has 8 nitrogen and oxygen atoms in total. The highest BCUT2D eigenvalue weighted by atomic mass is 16.6. The van der Waals surface area contributed by atoms with Crippen molar-refractivity contribution in [1.82, 2.24) is 15.5 Å². The largest absolute Gasteiger partial charge is 0.444 e. The Morgan fingerprint density at radius 1 is 1.25 bits per heavy atom. The van der Waals surface area contributed by atoms with E-state index >= 15 is 0 Å². The van der Waals surface area contributed by atoms with Crippen LogP contribution in [0.3, 0.4) is 0 Å². The number of aliphatic hydroxyl groups is 1. The molecule has 2 unspecified atom stereocenters. The van der Waals surface area contributed by atoms with Gasteiger partial charge in [0, 0.05) is 12.6 Å². The number of carbonyl (C=O) groups excluding carboxylic acids is 3. The SMILES string of the molecule is CC(C)(C)OC(=O)N1CCCC1C(=O)NCC(O)C(=O)NC1CC1. The van der Waals surface area contributed by atoms with E-state index in [0.29, 0.717) is 19.4 Å². The van der Waals surface area contributed by atoms with Crippen molar-refractivity contribution in [3.05, 3.63) is 0 Å². The van der Waals surface area contributed by atoms with Gasteiger partial charge in [-0.2, -0.15) is 0 Å². The van der Waals surface area contributed by atoms with E-state index in [0.717, 1.165) is 12.8 Å². The fourth-order valence-electron chi connectivity index (χ4n) is 2.51. The summed E-state index contributed by atoms with van der Waals surface area (Å²) in [4.78, 5) is 37.5. The molecule has 3 N–H and O–H groups in total. The third-order valence-corrected chi connectivity index (χ3v) is 3.88. The van der Waals surface area contributed by atoms with Gasteiger partial charge in [0.25, 0.3) is 5.91 Å². The Kier molecular flexibility index (Phi) is 5.69. The van der Waals surface area contributed by atoms with E-state index in [4.69, 9.17) is 4.74 Å². The fourth-order valence-corrected chi connectivity index (χ4v) is 2.51. The van der Waals surface area contributed by atoms with Gasteiger partial charge in [-0.05, 0) is 46.5 Å². The van der Waals surface area contributed by atoms with Gasteiger partial charge in [0.05, 0.1) is 6.54 Å². The lowest BCUT2D eigenvalue weighted by molar-refractivity contribution is -0.130. The molecule has 0 aromatic carbocycles. The van der Waals surface area contributed by atoms with Crippen LogP contribution in [-0.2, 0) is 14.3 Å². The van der Waals surface area contributed by atoms with Crippen molar-refractivity contribution in [2.24, 2.45) is 0 Å². The molecule has 0 aromatic rings. The number of nitrogens with zero attached hydrogens (tertiary/aromatic N) is 1. The van der Waals surface area contributed by atoms with Crippen LogP contribution in [0.5, 0.6) is 0 Å². The van der Waals surface area contributed by atoms with Crippen molar-refractivity contribution < 1.29 is 24.2 Å². The second-order valence-corrected chi connectivity index (χ2v) is 7.38. The van der Waals surface area contributed by atoms with Gasteiger partial charge in [-0.15, -0.1) is 0 Å². The first-order valence-corrected chi connectivity index (χ1v) is 8.43. The zero-order chi connectivity index (χ0) is 17.9. The second-order valence-electron chi connectivity index (χ2n) is 7.38. The van der Waals surface area contributed by atoms with Crippen LogP contribution in [0, 0.1) is 0 Å². The van der Waals surface area contributed by atoms with Gasteiger partial charge < -0.3 is 20.5 Å². The molecule has 0 bridgehead atoms. The number of likely N-dealkylation sites (tertiary alicyclic amines) is 1. The summed E-state index contributed by atoms with van der Waals surface area (Å²) < 4.78 is 5.31. The van der Waals surface area contributed by atoms with Crippen LogP contribution in [0.4, 0.5) is 4.79 Å². The van der Waals surface area contributed by atoms with E-state index in [1.165, 1.54) is 4.90 Å². The van der Waals surface area contributed by atoms with E-state index in [9.17, 15) is 19.5 Å². The number of ether oxygens (including phenoxy) is 1. The fraction of sp³-hybridized carbons (Fsp3) is 0.812. The Morgan fingerprint density at radius 3 is 2.50 bits per heavy atom. The number of carbonyl (C=O) groups is 3. The molecule has 8 heteroatoms. The first-order chi connectivity index (χ1) is 11.2. The maximum absolute atomic E-state index is 12.3. The lowest BCUT2D eigenvalue weighted by atomic mass is 10.2. The smallest absolute Gasteiger partial charge is 0.410 e. The molecule has 1 aliphatic carbocycles. The van der Waals surface area contributed by atoms with Gasteiger partial charge in [-0.1, -0.05) is 0 Å². The number of rotatable bonds is 5. The van der Waals surface area contributed by atoms with Crippen LogP contribution >= 0.6 is 0 Å². The molecule has 2 rings (SSSR count). The number of amides is 3. The molecule has 2 fully saturated rings. The highest BCUT2D eigenvalue weighted by Gasteiger charge is 2.37. The zero-order valence-electron chi connectivity index (χ0n) is 14.5. The Hall–Kier alpha value is -1.83. The van der Waals surface area contributed by atoms with Crippen LogP contribution in [-0.4, -0.2) is 64.8 Å². The van der Waals surface area contributed by atoms with Gasteiger partial charge in [-0.3, -0.25) is 14.5 Å². The molecule has 0 aromatic heterocycles. The third-order valence-electron chi connectivity index (χ3n) is 3.88. The van der Waals surface area contributed by atoms with Crippen LogP contribution in [0.1, 0.15) is 46.5 Å². The summed E-state index contributed by atoms with van der Waals surface area (Å²) in [5.74, 6) is -0.857. The summed E-state index contributed by atoms with van der Waals surface area (Å²) in [6.45, 7) is 5.59. The van der Waals surface area contributed by atoms with Crippen LogP contribution < -0.4 is 10.6 Å². The summed E-state index contributed by atoms with van der Waals surface area (Å²) in [5.41, 5.74) is -0.627. The quantitative estimate of drug-likeness (QED) is 0.659. The molecule has 0 spiro atoms. The van der Waals surface area contributed by atoms with Crippen molar-refractivity contribution in [1.29, 1.82) is 0 Å². The number of nitrogens with one attached hydrogen (secondary N) is 2. The standard InChI is InChI=1S/C16H27N3O5/c1-16(2,3)24-15(23)19-8-4-5-11(19)13(21)17-9-12(20)14(22)18-10-6-7-10/h10-12,20H,4-9H2,1-3H3,(H,17,21)(H,18,22). The summed E-state index contributed by atoms with van der Waals surface area (Å²) in [7, 11) is 0. The molecule has 136 valence electrons. The molecule has 0 radical (unpaired) electrons. The minimum Gasteiger partial charge on any atom is -0.444 e. The molecular formula is C16H27N3O5. The monoisotopic (exact) mass is 341 g/mol. The Balaban J connectivity index is 1.81.